The SMILES string of the molecule is CCC(C)CNC(=O)C[C@H](O)[C@H](CC(C)C)NC(=O)C(Cc1cscn1)NC(=O)[C@H](Cc1cccnc1)NC(=O)OCc1ccccc1. The summed E-state index contributed by atoms with van der Waals surface area (Å²) in [5.74, 6) is -1.07. The summed E-state index contributed by atoms with van der Waals surface area (Å²) in [7, 11) is 0. The standard InChI is InChI=1S/C35H48N6O6S/c1-5-24(4)18-37-32(43)17-31(42)28(14-23(2)3)39-34(45)30(16-27-21-48-22-38-27)40-33(44)29(15-26-12-9-13-36-19-26)41-35(46)47-20-25-10-7-6-8-11-25/h6-13,19,21-24,28-31,42H,5,14-18,20H2,1-4H3,(H,37,43)(H,39,45)(H,40,44)(H,41,46)/t24?,28-,29-,30?,31-/m0/s1. The third kappa shape index (κ3) is 13.8. The number of thiazole rings is 1. The van der Waals surface area contributed by atoms with E-state index in [0.29, 0.717) is 30.1 Å². The molecule has 48 heavy (non-hydrogen) atoms. The predicted molar refractivity (Wildman–Crippen MR) is 184 cm³/mol. The number of aliphatic hydroxyl groups excluding tert-OH is 1. The van der Waals surface area contributed by atoms with E-state index in [-0.39, 0.29) is 37.7 Å². The van der Waals surface area contributed by atoms with E-state index in [0.717, 1.165) is 12.0 Å². The zero-order valence-electron chi connectivity index (χ0n) is 28.1. The van der Waals surface area contributed by atoms with Crippen molar-refractivity contribution in [2.24, 2.45) is 11.8 Å². The van der Waals surface area contributed by atoms with Crippen molar-refractivity contribution in [1.29, 1.82) is 0 Å². The van der Waals surface area contributed by atoms with Crippen molar-refractivity contribution in [3.05, 3.63) is 82.6 Å². The van der Waals surface area contributed by atoms with Gasteiger partial charge in [-0.1, -0.05) is 70.5 Å². The van der Waals surface area contributed by atoms with Gasteiger partial charge in [-0.3, -0.25) is 19.4 Å². The van der Waals surface area contributed by atoms with E-state index in [1.54, 1.807) is 35.4 Å². The summed E-state index contributed by atoms with van der Waals surface area (Å²) >= 11 is 1.35. The van der Waals surface area contributed by atoms with Gasteiger partial charge in [0.15, 0.2) is 0 Å². The number of benzene rings is 1. The third-order valence-corrected chi connectivity index (χ3v) is 8.41. The number of hydrogen-bond acceptors (Lipinski definition) is 9. The minimum absolute atomic E-state index is 0.0119. The maximum absolute atomic E-state index is 13.8. The van der Waals surface area contributed by atoms with Crippen LogP contribution >= 0.6 is 11.3 Å². The Hall–Kier alpha value is -4.36. The molecule has 5 N–H and O–H groups in total. The summed E-state index contributed by atoms with van der Waals surface area (Å²) in [6, 6.07) is 9.70. The summed E-state index contributed by atoms with van der Waals surface area (Å²) in [5, 5.41) is 24.0. The van der Waals surface area contributed by atoms with Crippen LogP contribution in [0.2, 0.25) is 0 Å². The number of nitrogens with one attached hydrogen (secondary N) is 4. The molecule has 13 heteroatoms. The van der Waals surface area contributed by atoms with Gasteiger partial charge in [0.05, 0.1) is 29.8 Å². The van der Waals surface area contributed by atoms with Crippen LogP contribution in [-0.2, 0) is 38.6 Å². The number of aromatic nitrogens is 2. The number of carbonyl (C=O) groups excluding carboxylic acids is 4. The van der Waals surface area contributed by atoms with Gasteiger partial charge in [-0.25, -0.2) is 9.78 Å². The highest BCUT2D eigenvalue weighted by Crippen LogP contribution is 2.14. The van der Waals surface area contributed by atoms with Gasteiger partial charge in [0.2, 0.25) is 17.7 Å². The molecule has 3 rings (SSSR count). The Balaban J connectivity index is 1.76. The Bertz CT molecular complexity index is 1410. The molecule has 0 radical (unpaired) electrons. The van der Waals surface area contributed by atoms with E-state index < -0.39 is 42.1 Å². The molecule has 1 aromatic carbocycles. The Morgan fingerprint density at radius 2 is 1.62 bits per heavy atom. The molecule has 0 aliphatic carbocycles. The van der Waals surface area contributed by atoms with Crippen LogP contribution in [0.4, 0.5) is 4.79 Å². The Labute approximate surface area is 286 Å². The van der Waals surface area contributed by atoms with Crippen molar-refractivity contribution >= 4 is 35.2 Å². The van der Waals surface area contributed by atoms with Gasteiger partial charge < -0.3 is 31.1 Å². The summed E-state index contributed by atoms with van der Waals surface area (Å²) in [4.78, 5) is 61.4. The van der Waals surface area contributed by atoms with Crippen molar-refractivity contribution in [2.75, 3.05) is 6.54 Å². The molecule has 0 bridgehead atoms. The second-order valence-corrected chi connectivity index (χ2v) is 13.1. The topological polar surface area (TPSA) is 172 Å². The van der Waals surface area contributed by atoms with Gasteiger partial charge in [-0.2, -0.15) is 0 Å². The average molecular weight is 681 g/mol. The van der Waals surface area contributed by atoms with Crippen LogP contribution in [0.3, 0.4) is 0 Å². The molecule has 0 aliphatic rings. The van der Waals surface area contributed by atoms with Crippen LogP contribution in [-0.4, -0.2) is 69.7 Å². The first-order valence-electron chi connectivity index (χ1n) is 16.3. The molecule has 3 aromatic rings. The number of carbonyl (C=O) groups is 4. The minimum Gasteiger partial charge on any atom is -0.445 e. The number of hydrogen-bond donors (Lipinski definition) is 5. The normalized spacial score (nSPS) is 14.2. The molecule has 260 valence electrons. The first-order valence-corrected chi connectivity index (χ1v) is 17.3. The lowest BCUT2D eigenvalue weighted by atomic mass is 9.96. The Kier molecular flexibility index (Phi) is 16.0. The van der Waals surface area contributed by atoms with Gasteiger partial charge in [0.25, 0.3) is 0 Å². The lowest BCUT2D eigenvalue weighted by Gasteiger charge is -2.29. The number of pyridine rings is 1. The number of amides is 4. The number of alkyl carbamates (subject to hydrolysis) is 1. The van der Waals surface area contributed by atoms with Crippen LogP contribution in [0.1, 0.15) is 63.8 Å². The van der Waals surface area contributed by atoms with Crippen molar-refractivity contribution in [1.82, 2.24) is 31.2 Å². The quantitative estimate of drug-likeness (QED) is 0.128. The Morgan fingerprint density at radius 1 is 0.917 bits per heavy atom. The highest BCUT2D eigenvalue weighted by atomic mass is 32.1. The molecule has 12 nitrogen and oxygen atoms in total. The fraction of sp³-hybridized carbons (Fsp3) is 0.486. The summed E-state index contributed by atoms with van der Waals surface area (Å²) in [6.07, 6.45) is 2.54. The van der Waals surface area contributed by atoms with Crippen LogP contribution in [0.25, 0.3) is 0 Å². The number of aliphatic hydroxyl groups is 1. The van der Waals surface area contributed by atoms with E-state index in [2.05, 4.69) is 31.2 Å². The van der Waals surface area contributed by atoms with E-state index in [4.69, 9.17) is 4.74 Å². The maximum Gasteiger partial charge on any atom is 0.408 e. The number of nitrogens with zero attached hydrogens (tertiary/aromatic N) is 2. The molecule has 4 amide bonds. The molecule has 0 fully saturated rings. The molecule has 0 spiro atoms. The highest BCUT2D eigenvalue weighted by Gasteiger charge is 2.32. The van der Waals surface area contributed by atoms with Crippen molar-refractivity contribution in [3.63, 3.8) is 0 Å². The lowest BCUT2D eigenvalue weighted by Crippen LogP contribution is -2.57. The van der Waals surface area contributed by atoms with E-state index in [1.807, 2.05) is 58.0 Å². The summed E-state index contributed by atoms with van der Waals surface area (Å²) < 4.78 is 5.37. The third-order valence-electron chi connectivity index (χ3n) is 7.77. The summed E-state index contributed by atoms with van der Waals surface area (Å²) in [6.45, 7) is 8.48. The molecular formula is C35H48N6O6S. The largest absolute Gasteiger partial charge is 0.445 e. The first-order chi connectivity index (χ1) is 23.0. The van der Waals surface area contributed by atoms with Crippen molar-refractivity contribution < 1.29 is 29.0 Å². The molecular weight excluding hydrogens is 632 g/mol. The fourth-order valence-corrected chi connectivity index (χ4v) is 5.41. The van der Waals surface area contributed by atoms with Gasteiger partial charge in [0, 0.05) is 37.2 Å². The van der Waals surface area contributed by atoms with E-state index in [9.17, 15) is 24.3 Å². The van der Waals surface area contributed by atoms with Crippen molar-refractivity contribution in [3.8, 4) is 0 Å². The van der Waals surface area contributed by atoms with Gasteiger partial charge in [0.1, 0.15) is 18.7 Å². The van der Waals surface area contributed by atoms with E-state index in [1.165, 1.54) is 11.3 Å². The molecule has 5 atom stereocenters. The van der Waals surface area contributed by atoms with Crippen LogP contribution in [0.15, 0.2) is 65.7 Å². The molecule has 2 aromatic heterocycles. The summed E-state index contributed by atoms with van der Waals surface area (Å²) in [5.41, 5.74) is 3.69. The van der Waals surface area contributed by atoms with Gasteiger partial charge >= 0.3 is 6.09 Å². The smallest absolute Gasteiger partial charge is 0.408 e. The molecule has 0 aliphatic heterocycles. The molecule has 2 unspecified atom stereocenters. The number of rotatable bonds is 19. The van der Waals surface area contributed by atoms with Crippen LogP contribution in [0, 0.1) is 11.8 Å². The first kappa shape index (κ1) is 38.1. The van der Waals surface area contributed by atoms with Crippen LogP contribution in [0.5, 0.6) is 0 Å². The monoisotopic (exact) mass is 680 g/mol. The predicted octanol–water partition coefficient (Wildman–Crippen LogP) is 3.55. The number of ether oxygens (including phenoxy) is 1. The van der Waals surface area contributed by atoms with Crippen LogP contribution < -0.4 is 21.3 Å². The van der Waals surface area contributed by atoms with E-state index >= 15 is 0 Å². The van der Waals surface area contributed by atoms with Gasteiger partial charge in [-0.15, -0.1) is 11.3 Å². The second kappa shape index (κ2) is 20.1. The van der Waals surface area contributed by atoms with Gasteiger partial charge in [-0.05, 0) is 35.4 Å². The maximum atomic E-state index is 13.8. The fourth-order valence-electron chi connectivity index (χ4n) is 4.84. The second-order valence-electron chi connectivity index (χ2n) is 12.4. The average Bonchev–Trinajstić information content (AvgIpc) is 3.59. The molecule has 2 heterocycles. The zero-order valence-corrected chi connectivity index (χ0v) is 28.9. The molecule has 0 saturated carbocycles. The minimum atomic E-state index is -1.15. The molecule has 0 saturated heterocycles. The van der Waals surface area contributed by atoms with Crippen molar-refractivity contribution in [2.45, 2.75) is 90.6 Å². The zero-order chi connectivity index (χ0) is 34.9. The lowest BCUT2D eigenvalue weighted by molar-refractivity contribution is -0.131. The Morgan fingerprint density at radius 3 is 2.27 bits per heavy atom. The highest BCUT2D eigenvalue weighted by molar-refractivity contribution is 7.07.